The lowest BCUT2D eigenvalue weighted by molar-refractivity contribution is -0.133. The molecule has 1 fully saturated rings. The lowest BCUT2D eigenvalue weighted by Gasteiger charge is -2.15. The smallest absolute Gasteiger partial charge is 0.313 e. The SMILES string of the molecule is O=C(O)CSc1nc2cc(F)c(Cl)cc2n1C1CCCC1. The van der Waals surface area contributed by atoms with Gasteiger partial charge in [-0.05, 0) is 18.9 Å². The van der Waals surface area contributed by atoms with Gasteiger partial charge in [0.1, 0.15) is 5.82 Å². The van der Waals surface area contributed by atoms with Crippen molar-refractivity contribution in [2.75, 3.05) is 5.75 Å². The molecule has 3 rings (SSSR count). The Labute approximate surface area is 130 Å². The summed E-state index contributed by atoms with van der Waals surface area (Å²) in [6, 6.07) is 3.18. The summed E-state index contributed by atoms with van der Waals surface area (Å²) in [5.74, 6) is -1.46. The fraction of sp³-hybridized carbons (Fsp3) is 0.429. The molecule has 1 aliphatic rings. The van der Waals surface area contributed by atoms with Gasteiger partial charge in [0.25, 0.3) is 0 Å². The maximum absolute atomic E-state index is 13.6. The second kappa shape index (κ2) is 5.85. The molecule has 1 aromatic carbocycles. The summed E-state index contributed by atoms with van der Waals surface area (Å²) in [7, 11) is 0. The molecule has 0 radical (unpaired) electrons. The topological polar surface area (TPSA) is 55.1 Å². The van der Waals surface area contributed by atoms with E-state index in [0.29, 0.717) is 10.7 Å². The molecule has 1 N–H and O–H groups in total. The first kappa shape index (κ1) is 14.7. The van der Waals surface area contributed by atoms with Gasteiger partial charge in [0.2, 0.25) is 0 Å². The van der Waals surface area contributed by atoms with E-state index >= 15 is 0 Å². The molecule has 112 valence electrons. The van der Waals surface area contributed by atoms with Crippen LogP contribution in [0.2, 0.25) is 5.02 Å². The van der Waals surface area contributed by atoms with Gasteiger partial charge in [-0.25, -0.2) is 9.37 Å². The standard InChI is InChI=1S/C14H14ClFN2O2S/c15-9-5-12-11(6-10(9)16)17-14(21-7-13(19)20)18(12)8-3-1-2-4-8/h5-6,8H,1-4,7H2,(H,19,20). The molecule has 1 aliphatic carbocycles. The third-order valence-corrected chi connectivity index (χ3v) is 4.94. The molecule has 0 bridgehead atoms. The number of imidazole rings is 1. The molecular formula is C14H14ClFN2O2S. The number of halogens is 2. The summed E-state index contributed by atoms with van der Waals surface area (Å²) >= 11 is 7.05. The summed E-state index contributed by atoms with van der Waals surface area (Å²) in [6.45, 7) is 0. The molecular weight excluding hydrogens is 315 g/mol. The molecule has 0 unspecified atom stereocenters. The molecule has 2 aromatic rings. The number of aliphatic carboxylic acids is 1. The molecule has 0 atom stereocenters. The number of carbonyl (C=O) groups is 1. The van der Waals surface area contributed by atoms with E-state index in [9.17, 15) is 9.18 Å². The van der Waals surface area contributed by atoms with Crippen molar-refractivity contribution in [3.8, 4) is 0 Å². The van der Waals surface area contributed by atoms with Crippen LogP contribution in [0.1, 0.15) is 31.7 Å². The van der Waals surface area contributed by atoms with Crippen LogP contribution in [0.15, 0.2) is 17.3 Å². The van der Waals surface area contributed by atoms with Gasteiger partial charge in [-0.1, -0.05) is 36.2 Å². The van der Waals surface area contributed by atoms with Gasteiger partial charge in [0, 0.05) is 12.1 Å². The predicted molar refractivity (Wildman–Crippen MR) is 80.6 cm³/mol. The van der Waals surface area contributed by atoms with E-state index in [-0.39, 0.29) is 16.8 Å². The number of hydrogen-bond acceptors (Lipinski definition) is 3. The largest absolute Gasteiger partial charge is 0.481 e. The minimum Gasteiger partial charge on any atom is -0.481 e. The highest BCUT2D eigenvalue weighted by atomic mass is 35.5. The maximum Gasteiger partial charge on any atom is 0.313 e. The third-order valence-electron chi connectivity index (χ3n) is 3.71. The zero-order valence-electron chi connectivity index (χ0n) is 11.2. The minimum absolute atomic E-state index is 0.0632. The van der Waals surface area contributed by atoms with E-state index in [1.54, 1.807) is 6.07 Å². The van der Waals surface area contributed by atoms with E-state index in [1.807, 2.05) is 4.57 Å². The number of thioether (sulfide) groups is 1. The van der Waals surface area contributed by atoms with Crippen LogP contribution < -0.4 is 0 Å². The lowest BCUT2D eigenvalue weighted by Crippen LogP contribution is -2.07. The Bertz CT molecular complexity index is 698. The molecule has 7 heteroatoms. The second-order valence-corrected chi connectivity index (χ2v) is 6.49. The summed E-state index contributed by atoms with van der Waals surface area (Å²) in [6.07, 6.45) is 4.34. The van der Waals surface area contributed by atoms with E-state index in [0.717, 1.165) is 31.2 Å². The van der Waals surface area contributed by atoms with Gasteiger partial charge < -0.3 is 9.67 Å². The van der Waals surface area contributed by atoms with Gasteiger partial charge in [-0.2, -0.15) is 0 Å². The van der Waals surface area contributed by atoms with E-state index in [2.05, 4.69) is 4.98 Å². The van der Waals surface area contributed by atoms with Crippen molar-refractivity contribution >= 4 is 40.4 Å². The minimum atomic E-state index is -0.894. The number of carboxylic acid groups (broad SMARTS) is 1. The number of nitrogens with zero attached hydrogens (tertiary/aromatic N) is 2. The number of hydrogen-bond donors (Lipinski definition) is 1. The second-order valence-electron chi connectivity index (χ2n) is 5.14. The Kier molecular flexibility index (Phi) is 4.08. The Morgan fingerprint density at radius 1 is 1.48 bits per heavy atom. The van der Waals surface area contributed by atoms with Crippen LogP contribution in [-0.4, -0.2) is 26.4 Å². The Morgan fingerprint density at radius 2 is 2.19 bits per heavy atom. The fourth-order valence-electron chi connectivity index (χ4n) is 2.81. The highest BCUT2D eigenvalue weighted by Gasteiger charge is 2.24. The molecule has 0 aliphatic heterocycles. The van der Waals surface area contributed by atoms with E-state index < -0.39 is 11.8 Å². The average Bonchev–Trinajstić information content (AvgIpc) is 3.04. The third kappa shape index (κ3) is 2.87. The van der Waals surface area contributed by atoms with Gasteiger partial charge in [-0.3, -0.25) is 4.79 Å². The number of rotatable bonds is 4. The van der Waals surface area contributed by atoms with Crippen LogP contribution in [0.25, 0.3) is 11.0 Å². The van der Waals surface area contributed by atoms with Crippen LogP contribution in [0.4, 0.5) is 4.39 Å². The first-order valence-corrected chi connectivity index (χ1v) is 8.14. The highest BCUT2D eigenvalue weighted by Crippen LogP contribution is 2.37. The fourth-order valence-corrected chi connectivity index (χ4v) is 3.77. The van der Waals surface area contributed by atoms with Crippen LogP contribution in [-0.2, 0) is 4.79 Å². The monoisotopic (exact) mass is 328 g/mol. The van der Waals surface area contributed by atoms with E-state index in [1.165, 1.54) is 17.8 Å². The lowest BCUT2D eigenvalue weighted by atomic mass is 10.2. The average molecular weight is 329 g/mol. The van der Waals surface area contributed by atoms with Gasteiger partial charge in [0.05, 0.1) is 21.8 Å². The number of fused-ring (bicyclic) bond motifs is 1. The number of benzene rings is 1. The normalized spacial score (nSPS) is 15.9. The van der Waals surface area contributed by atoms with Crippen LogP contribution in [0, 0.1) is 5.82 Å². The van der Waals surface area contributed by atoms with E-state index in [4.69, 9.17) is 16.7 Å². The Hall–Kier alpha value is -1.27. The van der Waals surface area contributed by atoms with Gasteiger partial charge in [-0.15, -0.1) is 0 Å². The molecule has 1 aromatic heterocycles. The number of carboxylic acids is 1. The zero-order chi connectivity index (χ0) is 15.0. The predicted octanol–water partition coefficient (Wildman–Crippen LogP) is 4.12. The first-order chi connectivity index (χ1) is 10.1. The van der Waals surface area contributed by atoms with Crippen LogP contribution in [0.3, 0.4) is 0 Å². The molecule has 1 heterocycles. The Balaban J connectivity index is 2.10. The molecule has 0 saturated heterocycles. The van der Waals surface area contributed by atoms with Gasteiger partial charge in [0.15, 0.2) is 5.16 Å². The quantitative estimate of drug-likeness (QED) is 0.858. The molecule has 21 heavy (non-hydrogen) atoms. The zero-order valence-corrected chi connectivity index (χ0v) is 12.8. The Morgan fingerprint density at radius 3 is 2.86 bits per heavy atom. The summed E-state index contributed by atoms with van der Waals surface area (Å²) in [4.78, 5) is 15.2. The van der Waals surface area contributed by atoms with Crippen molar-refractivity contribution in [2.24, 2.45) is 0 Å². The summed E-state index contributed by atoms with van der Waals surface area (Å²) in [5.41, 5.74) is 1.30. The molecule has 4 nitrogen and oxygen atoms in total. The first-order valence-electron chi connectivity index (χ1n) is 6.78. The van der Waals surface area contributed by atoms with Crippen molar-refractivity contribution in [1.29, 1.82) is 0 Å². The summed E-state index contributed by atoms with van der Waals surface area (Å²) < 4.78 is 15.6. The van der Waals surface area contributed by atoms with Crippen molar-refractivity contribution in [3.63, 3.8) is 0 Å². The van der Waals surface area contributed by atoms with Crippen molar-refractivity contribution in [2.45, 2.75) is 36.9 Å². The van der Waals surface area contributed by atoms with Gasteiger partial charge >= 0.3 is 5.97 Å². The molecule has 0 spiro atoms. The van der Waals surface area contributed by atoms with Crippen molar-refractivity contribution in [1.82, 2.24) is 9.55 Å². The maximum atomic E-state index is 13.6. The highest BCUT2D eigenvalue weighted by molar-refractivity contribution is 7.99. The van der Waals surface area contributed by atoms with Crippen molar-refractivity contribution in [3.05, 3.63) is 23.0 Å². The van der Waals surface area contributed by atoms with Crippen molar-refractivity contribution < 1.29 is 14.3 Å². The van der Waals surface area contributed by atoms with Crippen LogP contribution in [0.5, 0.6) is 0 Å². The number of aromatic nitrogens is 2. The van der Waals surface area contributed by atoms with Crippen LogP contribution >= 0.6 is 23.4 Å². The molecule has 0 amide bonds. The summed E-state index contributed by atoms with van der Waals surface area (Å²) in [5, 5.41) is 9.55. The molecule has 1 saturated carbocycles.